The van der Waals surface area contributed by atoms with Crippen molar-refractivity contribution in [1.29, 1.82) is 0 Å². The van der Waals surface area contributed by atoms with E-state index in [1.165, 1.54) is 7.11 Å². The van der Waals surface area contributed by atoms with E-state index in [2.05, 4.69) is 5.32 Å². The summed E-state index contributed by atoms with van der Waals surface area (Å²) in [7, 11) is 1.36. The zero-order chi connectivity index (χ0) is 16.4. The number of hydrogen-bond acceptors (Lipinski definition) is 5. The van der Waals surface area contributed by atoms with Crippen molar-refractivity contribution in [3.63, 3.8) is 0 Å². The molecule has 0 amide bonds. The van der Waals surface area contributed by atoms with E-state index in [4.69, 9.17) is 4.74 Å². The van der Waals surface area contributed by atoms with Gasteiger partial charge in [0, 0.05) is 11.3 Å². The molecule has 3 aliphatic rings. The SMILES string of the molecule is COC(=O)C12Cc3ccccc3C(C)(N1)[C@@H]([N+](=O)[O-])[C@@H]2C1CC1. The van der Waals surface area contributed by atoms with Gasteiger partial charge in [0.05, 0.1) is 13.0 Å². The Hall–Kier alpha value is -1.95. The van der Waals surface area contributed by atoms with Gasteiger partial charge in [-0.2, -0.15) is 0 Å². The molecule has 6 heteroatoms. The number of nitrogens with one attached hydrogen (secondary N) is 1. The minimum Gasteiger partial charge on any atom is -0.468 e. The number of hydrogen-bond donors (Lipinski definition) is 1. The monoisotopic (exact) mass is 316 g/mol. The first-order valence-electron chi connectivity index (χ1n) is 8.03. The zero-order valence-corrected chi connectivity index (χ0v) is 13.2. The van der Waals surface area contributed by atoms with E-state index in [0.29, 0.717) is 6.42 Å². The van der Waals surface area contributed by atoms with Crippen LogP contribution in [0, 0.1) is 22.0 Å². The van der Waals surface area contributed by atoms with Crippen molar-refractivity contribution in [1.82, 2.24) is 5.32 Å². The third kappa shape index (κ3) is 1.75. The maximum atomic E-state index is 12.7. The molecule has 2 unspecified atom stereocenters. The Morgan fingerprint density at radius 3 is 2.70 bits per heavy atom. The van der Waals surface area contributed by atoms with Crippen molar-refractivity contribution in [2.75, 3.05) is 7.11 Å². The highest BCUT2D eigenvalue weighted by Gasteiger charge is 2.73. The van der Waals surface area contributed by atoms with Crippen molar-refractivity contribution >= 4 is 5.97 Å². The summed E-state index contributed by atoms with van der Waals surface area (Å²) in [5.74, 6) is -0.491. The maximum Gasteiger partial charge on any atom is 0.327 e. The van der Waals surface area contributed by atoms with Gasteiger partial charge in [-0.1, -0.05) is 24.3 Å². The van der Waals surface area contributed by atoms with Crippen LogP contribution in [0.2, 0.25) is 0 Å². The Morgan fingerprint density at radius 1 is 1.39 bits per heavy atom. The Balaban J connectivity index is 1.96. The zero-order valence-electron chi connectivity index (χ0n) is 13.2. The lowest BCUT2D eigenvalue weighted by atomic mass is 9.76. The Morgan fingerprint density at radius 2 is 2.09 bits per heavy atom. The number of nitrogens with zero attached hydrogens (tertiary/aromatic N) is 1. The van der Waals surface area contributed by atoms with Crippen LogP contribution in [0.15, 0.2) is 24.3 Å². The van der Waals surface area contributed by atoms with E-state index in [1.807, 2.05) is 31.2 Å². The van der Waals surface area contributed by atoms with Gasteiger partial charge in [-0.15, -0.1) is 0 Å². The molecule has 0 aromatic heterocycles. The number of carbonyl (C=O) groups excluding carboxylic acids is 1. The van der Waals surface area contributed by atoms with Crippen LogP contribution in [0.4, 0.5) is 0 Å². The Labute approximate surface area is 134 Å². The smallest absolute Gasteiger partial charge is 0.327 e. The van der Waals surface area contributed by atoms with Crippen molar-refractivity contribution in [2.24, 2.45) is 11.8 Å². The number of fused-ring (bicyclic) bond motifs is 4. The fraction of sp³-hybridized carbons (Fsp3) is 0.588. The molecule has 4 atom stereocenters. The fourth-order valence-corrected chi connectivity index (χ4v) is 5.02. The topological polar surface area (TPSA) is 81.5 Å². The van der Waals surface area contributed by atoms with E-state index in [1.54, 1.807) is 0 Å². The predicted molar refractivity (Wildman–Crippen MR) is 82.4 cm³/mol. The van der Waals surface area contributed by atoms with E-state index < -0.39 is 17.1 Å². The quantitative estimate of drug-likeness (QED) is 0.521. The van der Waals surface area contributed by atoms with Crippen LogP contribution < -0.4 is 5.32 Å². The highest BCUT2D eigenvalue weighted by atomic mass is 16.6. The highest BCUT2D eigenvalue weighted by molar-refractivity contribution is 5.84. The molecule has 2 fully saturated rings. The molecule has 1 aliphatic carbocycles. The maximum absolute atomic E-state index is 12.7. The van der Waals surface area contributed by atoms with E-state index in [0.717, 1.165) is 24.0 Å². The number of esters is 1. The van der Waals surface area contributed by atoms with Crippen LogP contribution in [0.25, 0.3) is 0 Å². The van der Waals surface area contributed by atoms with E-state index >= 15 is 0 Å². The van der Waals surface area contributed by atoms with E-state index in [9.17, 15) is 14.9 Å². The fourth-order valence-electron chi connectivity index (χ4n) is 5.02. The van der Waals surface area contributed by atoms with Crippen LogP contribution in [0.5, 0.6) is 0 Å². The lowest BCUT2D eigenvalue weighted by molar-refractivity contribution is -0.541. The number of methoxy groups -OCH3 is 1. The standard InChI is InChI=1S/C17H20N2O4/c1-16-12-6-4-3-5-11(12)9-17(18-16,15(20)23-2)13(10-7-8-10)14(16)19(21)22/h3-6,10,13-14,18H,7-9H2,1-2H3/t13-,14-,16?,17?/m0/s1. The molecule has 2 heterocycles. The minimum absolute atomic E-state index is 0.192. The first-order valence-corrected chi connectivity index (χ1v) is 8.03. The molecule has 6 nitrogen and oxygen atoms in total. The van der Waals surface area contributed by atoms with Gasteiger partial charge in [0.2, 0.25) is 6.04 Å². The first-order chi connectivity index (χ1) is 10.9. The molecule has 2 aliphatic heterocycles. The number of nitro groups is 1. The molecule has 23 heavy (non-hydrogen) atoms. The molecule has 1 aromatic rings. The molecule has 1 aromatic carbocycles. The summed E-state index contributed by atoms with van der Waals surface area (Å²) < 4.78 is 5.08. The average molecular weight is 316 g/mol. The summed E-state index contributed by atoms with van der Waals surface area (Å²) in [6, 6.07) is 6.91. The van der Waals surface area contributed by atoms with Gasteiger partial charge in [-0.05, 0) is 36.8 Å². The second-order valence-electron chi connectivity index (χ2n) is 7.22. The summed E-state index contributed by atoms with van der Waals surface area (Å²) in [4.78, 5) is 24.5. The molecule has 122 valence electrons. The predicted octanol–water partition coefficient (Wildman–Crippen LogP) is 1.64. The third-order valence-corrected chi connectivity index (χ3v) is 5.94. The lowest BCUT2D eigenvalue weighted by Gasteiger charge is -2.39. The molecular formula is C17H20N2O4. The summed E-state index contributed by atoms with van der Waals surface area (Å²) >= 11 is 0. The van der Waals surface area contributed by atoms with E-state index in [-0.39, 0.29) is 22.7 Å². The van der Waals surface area contributed by atoms with Gasteiger partial charge in [0.25, 0.3) is 0 Å². The average Bonchev–Trinajstić information content (AvgIpc) is 3.32. The van der Waals surface area contributed by atoms with Crippen molar-refractivity contribution in [3.05, 3.63) is 45.5 Å². The van der Waals surface area contributed by atoms with Crippen LogP contribution in [-0.2, 0) is 21.5 Å². The van der Waals surface area contributed by atoms with Crippen molar-refractivity contribution in [3.8, 4) is 0 Å². The van der Waals surface area contributed by atoms with Crippen LogP contribution in [-0.4, -0.2) is 29.6 Å². The highest BCUT2D eigenvalue weighted by Crippen LogP contribution is 2.57. The van der Waals surface area contributed by atoms with Gasteiger partial charge in [0.15, 0.2) is 0 Å². The van der Waals surface area contributed by atoms with Gasteiger partial charge in [-0.25, -0.2) is 0 Å². The Kier molecular flexibility index (Phi) is 2.89. The number of ether oxygens (including phenoxy) is 1. The molecule has 4 rings (SSSR count). The van der Waals surface area contributed by atoms with Crippen LogP contribution in [0.1, 0.15) is 30.9 Å². The van der Waals surface area contributed by atoms with Crippen LogP contribution >= 0.6 is 0 Å². The molecule has 1 saturated carbocycles. The summed E-state index contributed by atoms with van der Waals surface area (Å²) in [5.41, 5.74) is 0.106. The van der Waals surface area contributed by atoms with Gasteiger partial charge >= 0.3 is 5.97 Å². The lowest BCUT2D eigenvalue weighted by Crippen LogP contribution is -2.60. The van der Waals surface area contributed by atoms with Gasteiger partial charge < -0.3 is 4.74 Å². The third-order valence-electron chi connectivity index (χ3n) is 5.94. The van der Waals surface area contributed by atoms with Crippen molar-refractivity contribution < 1.29 is 14.5 Å². The molecular weight excluding hydrogens is 296 g/mol. The molecule has 0 spiro atoms. The molecule has 1 N–H and O–H groups in total. The van der Waals surface area contributed by atoms with Crippen molar-refractivity contribution in [2.45, 2.75) is 43.3 Å². The Bertz CT molecular complexity index is 702. The normalized spacial score (nSPS) is 38.0. The summed E-state index contributed by atoms with van der Waals surface area (Å²) in [6.07, 6.45) is 2.35. The largest absolute Gasteiger partial charge is 0.468 e. The molecule has 2 bridgehead atoms. The molecule has 0 radical (unpaired) electrons. The second kappa shape index (κ2) is 4.54. The molecule has 1 saturated heterocycles. The number of rotatable bonds is 3. The van der Waals surface area contributed by atoms with Crippen LogP contribution in [0.3, 0.4) is 0 Å². The second-order valence-corrected chi connectivity index (χ2v) is 7.22. The minimum atomic E-state index is -0.989. The first kappa shape index (κ1) is 14.6. The van der Waals surface area contributed by atoms with Gasteiger partial charge in [-0.3, -0.25) is 20.2 Å². The summed E-state index contributed by atoms with van der Waals surface area (Å²) in [5, 5.41) is 15.3. The number of carbonyl (C=O) groups is 1. The number of benzene rings is 1. The summed E-state index contributed by atoms with van der Waals surface area (Å²) in [6.45, 7) is 1.86. The van der Waals surface area contributed by atoms with Gasteiger partial charge in [0.1, 0.15) is 11.1 Å².